The number of phenolic OH excluding ortho intramolecular Hbond substituents is 1. The third-order valence-corrected chi connectivity index (χ3v) is 2.90. The lowest BCUT2D eigenvalue weighted by atomic mass is 10.2. The molecule has 0 aromatic heterocycles. The van der Waals surface area contributed by atoms with Crippen molar-refractivity contribution in [2.24, 2.45) is 4.99 Å². The van der Waals surface area contributed by atoms with Gasteiger partial charge >= 0.3 is 11.9 Å². The maximum absolute atomic E-state index is 10.7. The topological polar surface area (TPSA) is 126 Å². The van der Waals surface area contributed by atoms with Gasteiger partial charge in [0.25, 0.3) is 0 Å². The minimum absolute atomic E-state index is 0.115. The Morgan fingerprint density at radius 3 is 2.24 bits per heavy atom. The van der Waals surface area contributed by atoms with E-state index in [2.05, 4.69) is 4.99 Å². The summed E-state index contributed by atoms with van der Waals surface area (Å²) in [5.41, 5.74) is 1.06. The molecule has 0 saturated heterocycles. The fourth-order valence-electron chi connectivity index (χ4n) is 1.80. The maximum atomic E-state index is 10.7. The number of hydrogen-bond acceptors (Lipinski definition) is 6. The van der Waals surface area contributed by atoms with Crippen LogP contribution in [0, 0.1) is 0 Å². The quantitative estimate of drug-likeness (QED) is 0.625. The second-order valence-corrected chi connectivity index (χ2v) is 4.84. The number of hydrogen-bond donors (Lipinski definition) is 3. The van der Waals surface area contributed by atoms with Gasteiger partial charge in [-0.1, -0.05) is 0 Å². The van der Waals surface area contributed by atoms with E-state index in [9.17, 15) is 14.7 Å². The fourth-order valence-corrected chi connectivity index (χ4v) is 1.80. The van der Waals surface area contributed by atoms with Gasteiger partial charge in [-0.2, -0.15) is 0 Å². The van der Waals surface area contributed by atoms with E-state index < -0.39 is 25.2 Å². The van der Waals surface area contributed by atoms with E-state index in [1.165, 1.54) is 30.5 Å². The van der Waals surface area contributed by atoms with Crippen LogP contribution in [0.1, 0.15) is 5.56 Å². The largest absolute Gasteiger partial charge is 0.508 e. The summed E-state index contributed by atoms with van der Waals surface area (Å²) in [4.78, 5) is 25.5. The molecule has 0 saturated carbocycles. The van der Waals surface area contributed by atoms with Crippen molar-refractivity contribution in [2.75, 3.05) is 13.2 Å². The molecule has 0 aliphatic rings. The summed E-state index contributed by atoms with van der Waals surface area (Å²) in [5, 5.41) is 26.6. The number of rotatable bonds is 8. The van der Waals surface area contributed by atoms with E-state index in [0.717, 1.165) is 0 Å². The molecule has 0 radical (unpaired) electrons. The first-order chi connectivity index (χ1) is 11.9. The molecule has 2 aromatic carbocycles. The van der Waals surface area contributed by atoms with Crippen molar-refractivity contribution in [1.29, 1.82) is 0 Å². The molecule has 0 heterocycles. The predicted molar refractivity (Wildman–Crippen MR) is 88.1 cm³/mol. The van der Waals surface area contributed by atoms with Gasteiger partial charge in [0.1, 0.15) is 17.2 Å². The minimum Gasteiger partial charge on any atom is -0.508 e. The van der Waals surface area contributed by atoms with Gasteiger partial charge in [-0.15, -0.1) is 0 Å². The van der Waals surface area contributed by atoms with Crippen molar-refractivity contribution in [2.45, 2.75) is 0 Å². The van der Waals surface area contributed by atoms with Crippen LogP contribution >= 0.6 is 0 Å². The van der Waals surface area contributed by atoms with E-state index in [4.69, 9.17) is 19.7 Å². The van der Waals surface area contributed by atoms with Crippen molar-refractivity contribution < 1.29 is 34.4 Å². The van der Waals surface area contributed by atoms with E-state index >= 15 is 0 Å². The molecule has 0 unspecified atom stereocenters. The van der Waals surface area contributed by atoms with Gasteiger partial charge in [0, 0.05) is 17.8 Å². The average Bonchev–Trinajstić information content (AvgIpc) is 2.58. The maximum Gasteiger partial charge on any atom is 0.341 e. The molecule has 0 aliphatic carbocycles. The van der Waals surface area contributed by atoms with Crippen LogP contribution in [0.3, 0.4) is 0 Å². The van der Waals surface area contributed by atoms with Crippen LogP contribution in [-0.4, -0.2) is 46.7 Å². The van der Waals surface area contributed by atoms with E-state index in [1.807, 2.05) is 0 Å². The Kier molecular flexibility index (Phi) is 5.94. The average molecular weight is 345 g/mol. The van der Waals surface area contributed by atoms with Crippen LogP contribution < -0.4 is 9.47 Å². The fraction of sp³-hybridized carbons (Fsp3) is 0.118. The highest BCUT2D eigenvalue weighted by Crippen LogP contribution is 2.25. The van der Waals surface area contributed by atoms with Gasteiger partial charge < -0.3 is 24.8 Å². The second kappa shape index (κ2) is 8.34. The highest BCUT2D eigenvalue weighted by atomic mass is 16.5. The lowest BCUT2D eigenvalue weighted by Crippen LogP contribution is -2.12. The third-order valence-electron chi connectivity index (χ3n) is 2.90. The second-order valence-electron chi connectivity index (χ2n) is 4.84. The normalized spacial score (nSPS) is 10.6. The zero-order valence-corrected chi connectivity index (χ0v) is 13.0. The summed E-state index contributed by atoms with van der Waals surface area (Å²) in [7, 11) is 0. The molecular weight excluding hydrogens is 330 g/mol. The predicted octanol–water partition coefficient (Wildman–Crippen LogP) is 2.07. The van der Waals surface area contributed by atoms with Gasteiger partial charge in [-0.25, -0.2) is 9.59 Å². The first kappa shape index (κ1) is 17.8. The van der Waals surface area contributed by atoms with Gasteiger partial charge in [-0.05, 0) is 36.4 Å². The van der Waals surface area contributed by atoms with Gasteiger partial charge in [0.05, 0.1) is 5.69 Å². The molecule has 8 nitrogen and oxygen atoms in total. The van der Waals surface area contributed by atoms with E-state index in [1.54, 1.807) is 18.2 Å². The molecule has 0 amide bonds. The molecule has 3 N–H and O–H groups in total. The number of ether oxygens (including phenoxy) is 2. The molecule has 0 atom stereocenters. The van der Waals surface area contributed by atoms with Crippen LogP contribution in [-0.2, 0) is 9.59 Å². The minimum atomic E-state index is -1.15. The summed E-state index contributed by atoms with van der Waals surface area (Å²) in [6, 6.07) is 10.7. The number of benzene rings is 2. The zero-order valence-electron chi connectivity index (χ0n) is 13.0. The van der Waals surface area contributed by atoms with Crippen molar-refractivity contribution >= 4 is 23.8 Å². The van der Waals surface area contributed by atoms with Crippen molar-refractivity contribution in [3.63, 3.8) is 0 Å². The summed E-state index contributed by atoms with van der Waals surface area (Å²) in [5.74, 6) is -1.76. The summed E-state index contributed by atoms with van der Waals surface area (Å²) < 4.78 is 10.2. The van der Waals surface area contributed by atoms with Gasteiger partial charge in [0.15, 0.2) is 13.2 Å². The Labute approximate surface area is 142 Å². The zero-order chi connectivity index (χ0) is 18.2. The highest BCUT2D eigenvalue weighted by Gasteiger charge is 2.08. The summed E-state index contributed by atoms with van der Waals surface area (Å²) in [6.45, 7) is -1.10. The molecule has 8 heteroatoms. The Morgan fingerprint density at radius 1 is 0.960 bits per heavy atom. The van der Waals surface area contributed by atoms with Crippen LogP contribution in [0.2, 0.25) is 0 Å². The first-order valence-corrected chi connectivity index (χ1v) is 7.10. The molecular formula is C17H15NO7. The SMILES string of the molecule is O=C(O)COc1ccc(/C=N\c2ccc(O)cc2)c(OCC(=O)O)c1. The highest BCUT2D eigenvalue weighted by molar-refractivity contribution is 5.86. The Morgan fingerprint density at radius 2 is 1.60 bits per heavy atom. The number of aliphatic carboxylic acids is 2. The lowest BCUT2D eigenvalue weighted by Gasteiger charge is -2.10. The van der Waals surface area contributed by atoms with Crippen LogP contribution in [0.25, 0.3) is 0 Å². The number of aromatic hydroxyl groups is 1. The number of phenols is 1. The molecule has 2 rings (SSSR count). The molecule has 0 aliphatic heterocycles. The Hall–Kier alpha value is -3.55. The van der Waals surface area contributed by atoms with Gasteiger partial charge in [0.2, 0.25) is 0 Å². The standard InChI is InChI=1S/C17H15NO7/c19-13-4-2-12(3-5-13)18-8-11-1-6-14(24-9-16(20)21)7-15(11)25-10-17(22)23/h1-8,19H,9-10H2,(H,20,21)(H,22,23)/b18-8-. The Bertz CT molecular complexity index is 784. The first-order valence-electron chi connectivity index (χ1n) is 7.10. The van der Waals surface area contributed by atoms with Crippen molar-refractivity contribution in [3.05, 3.63) is 48.0 Å². The Balaban J connectivity index is 2.22. The van der Waals surface area contributed by atoms with Crippen LogP contribution in [0.5, 0.6) is 17.2 Å². The molecule has 0 bridgehead atoms. The molecule has 0 spiro atoms. The number of nitrogens with zero attached hydrogens (tertiary/aromatic N) is 1. The monoisotopic (exact) mass is 345 g/mol. The van der Waals surface area contributed by atoms with Crippen LogP contribution in [0.15, 0.2) is 47.5 Å². The summed E-state index contributed by atoms with van der Waals surface area (Å²) in [6.07, 6.45) is 1.46. The van der Waals surface area contributed by atoms with Crippen molar-refractivity contribution in [3.8, 4) is 17.2 Å². The summed E-state index contributed by atoms with van der Waals surface area (Å²) >= 11 is 0. The lowest BCUT2D eigenvalue weighted by molar-refractivity contribution is -0.140. The molecule has 130 valence electrons. The number of carbonyl (C=O) groups is 2. The third kappa shape index (κ3) is 5.87. The molecule has 25 heavy (non-hydrogen) atoms. The van der Waals surface area contributed by atoms with Gasteiger partial charge in [-0.3, -0.25) is 4.99 Å². The van der Waals surface area contributed by atoms with Crippen LogP contribution in [0.4, 0.5) is 5.69 Å². The number of aliphatic imine (C=N–C) groups is 1. The van der Waals surface area contributed by atoms with E-state index in [-0.39, 0.29) is 17.2 Å². The van der Waals surface area contributed by atoms with E-state index in [0.29, 0.717) is 11.3 Å². The van der Waals surface area contributed by atoms with Crippen molar-refractivity contribution in [1.82, 2.24) is 0 Å². The number of carboxylic acids is 2. The number of carboxylic acid groups (broad SMARTS) is 2. The molecule has 2 aromatic rings. The smallest absolute Gasteiger partial charge is 0.341 e. The molecule has 0 fully saturated rings.